The van der Waals surface area contributed by atoms with Crippen molar-refractivity contribution in [1.82, 2.24) is 9.88 Å². The number of pyridine rings is 1. The number of aliphatic carboxylic acids is 4. The summed E-state index contributed by atoms with van der Waals surface area (Å²) in [6, 6.07) is 4.84. The van der Waals surface area contributed by atoms with Crippen LogP contribution >= 0.6 is 0 Å². The Morgan fingerprint density at radius 1 is 1.13 bits per heavy atom. The third-order valence-electron chi connectivity index (χ3n) is 4.21. The first-order valence-corrected chi connectivity index (χ1v) is 9.00. The van der Waals surface area contributed by atoms with Crippen LogP contribution in [0.1, 0.15) is 49.9 Å². The molecule has 11 nitrogen and oxygen atoms in total. The average Bonchev–Trinajstić information content (AvgIpc) is 2.99. The van der Waals surface area contributed by atoms with E-state index in [9.17, 15) is 14.4 Å². The number of carboxylic acid groups (broad SMARTS) is 4. The largest absolute Gasteiger partial charge is 0.481 e. The Labute approximate surface area is 173 Å². The number of carbonyl (C=O) groups is 4. The predicted molar refractivity (Wildman–Crippen MR) is 104 cm³/mol. The van der Waals surface area contributed by atoms with E-state index in [1.54, 1.807) is 0 Å². The van der Waals surface area contributed by atoms with Gasteiger partial charge in [-0.1, -0.05) is 6.07 Å². The number of aliphatic hydroxyl groups is 1. The van der Waals surface area contributed by atoms with Crippen LogP contribution in [0.15, 0.2) is 18.3 Å². The molecule has 0 amide bonds. The summed E-state index contributed by atoms with van der Waals surface area (Å²) < 4.78 is 0. The highest BCUT2D eigenvalue weighted by molar-refractivity contribution is 5.88. The number of hydrogen-bond donors (Lipinski definition) is 5. The summed E-state index contributed by atoms with van der Waals surface area (Å²) in [7, 11) is 2.20. The first-order chi connectivity index (χ1) is 13.8. The number of aryl methyl sites for hydroxylation is 1. The normalized spacial score (nSPS) is 15.8. The van der Waals surface area contributed by atoms with Crippen molar-refractivity contribution in [2.45, 2.75) is 51.2 Å². The van der Waals surface area contributed by atoms with Crippen LogP contribution < -0.4 is 0 Å². The van der Waals surface area contributed by atoms with Gasteiger partial charge in [0.2, 0.25) is 0 Å². The Balaban J connectivity index is 0.000000477. The van der Waals surface area contributed by atoms with Crippen molar-refractivity contribution in [3.8, 4) is 0 Å². The molecule has 1 aromatic heterocycles. The number of rotatable bonds is 6. The Morgan fingerprint density at radius 2 is 1.63 bits per heavy atom. The van der Waals surface area contributed by atoms with Gasteiger partial charge >= 0.3 is 17.9 Å². The van der Waals surface area contributed by atoms with E-state index in [-0.39, 0.29) is 0 Å². The van der Waals surface area contributed by atoms with E-state index in [1.165, 1.54) is 30.6 Å². The molecule has 1 atom stereocenters. The smallest absolute Gasteiger partial charge is 0.336 e. The number of nitrogens with zero attached hydrogens (tertiary/aromatic N) is 2. The van der Waals surface area contributed by atoms with Crippen LogP contribution in [0.4, 0.5) is 0 Å². The molecule has 2 heterocycles. The molecule has 1 aromatic rings. The van der Waals surface area contributed by atoms with Crippen molar-refractivity contribution in [3.05, 3.63) is 29.6 Å². The molecule has 168 valence electrons. The van der Waals surface area contributed by atoms with E-state index in [4.69, 9.17) is 30.3 Å². The highest BCUT2D eigenvalue weighted by Gasteiger charge is 2.40. The number of carboxylic acids is 4. The van der Waals surface area contributed by atoms with Crippen molar-refractivity contribution in [2.24, 2.45) is 0 Å². The zero-order valence-electron chi connectivity index (χ0n) is 17.1. The van der Waals surface area contributed by atoms with Gasteiger partial charge in [0.15, 0.2) is 5.60 Å². The Morgan fingerprint density at radius 3 is 1.97 bits per heavy atom. The van der Waals surface area contributed by atoms with Crippen molar-refractivity contribution in [1.29, 1.82) is 0 Å². The molecule has 0 spiro atoms. The van der Waals surface area contributed by atoms with E-state index < -0.39 is 42.3 Å². The highest BCUT2D eigenvalue weighted by atomic mass is 16.4. The molecule has 0 unspecified atom stereocenters. The van der Waals surface area contributed by atoms with Crippen LogP contribution in [0.3, 0.4) is 0 Å². The molecule has 11 heteroatoms. The zero-order valence-corrected chi connectivity index (χ0v) is 17.1. The summed E-state index contributed by atoms with van der Waals surface area (Å²) >= 11 is 0. The van der Waals surface area contributed by atoms with Crippen molar-refractivity contribution in [3.63, 3.8) is 0 Å². The Hall–Kier alpha value is -3.05. The lowest BCUT2D eigenvalue weighted by Gasteiger charge is -2.20. The molecule has 1 aliphatic rings. The van der Waals surface area contributed by atoms with Gasteiger partial charge in [0.25, 0.3) is 5.97 Å². The zero-order chi connectivity index (χ0) is 23.5. The molecule has 0 aliphatic carbocycles. The predicted octanol–water partition coefficient (Wildman–Crippen LogP) is 0.999. The first-order valence-electron chi connectivity index (χ1n) is 9.00. The van der Waals surface area contributed by atoms with Crippen LogP contribution in [0.5, 0.6) is 0 Å². The minimum atomic E-state index is -2.74. The van der Waals surface area contributed by atoms with Crippen molar-refractivity contribution < 1.29 is 44.7 Å². The molecule has 2 rings (SSSR count). The van der Waals surface area contributed by atoms with Crippen molar-refractivity contribution >= 4 is 23.9 Å². The summed E-state index contributed by atoms with van der Waals surface area (Å²) in [6.07, 6.45) is 2.18. The summed E-state index contributed by atoms with van der Waals surface area (Å²) in [5.41, 5.74) is -0.152. The summed E-state index contributed by atoms with van der Waals surface area (Å²) in [5, 5.41) is 41.2. The van der Waals surface area contributed by atoms with E-state index in [2.05, 4.69) is 29.9 Å². The fourth-order valence-electron chi connectivity index (χ4n) is 2.87. The maximum atomic E-state index is 10.3. The maximum Gasteiger partial charge on any atom is 0.336 e. The lowest BCUT2D eigenvalue weighted by molar-refractivity contribution is -0.170. The van der Waals surface area contributed by atoms with Crippen LogP contribution in [0.2, 0.25) is 0 Å². The van der Waals surface area contributed by atoms with Crippen LogP contribution in [-0.2, 0) is 19.2 Å². The van der Waals surface area contributed by atoms with Gasteiger partial charge in [-0.2, -0.15) is 0 Å². The molecule has 5 N–H and O–H groups in total. The van der Waals surface area contributed by atoms with E-state index in [0.717, 1.165) is 6.92 Å². The highest BCUT2D eigenvalue weighted by Crippen LogP contribution is 2.31. The molecule has 1 fully saturated rings. The molecule has 0 saturated carbocycles. The van der Waals surface area contributed by atoms with E-state index in [0.29, 0.717) is 6.04 Å². The molecule has 1 saturated heterocycles. The minimum absolute atomic E-state index is 0.605. The van der Waals surface area contributed by atoms with Gasteiger partial charge in [-0.25, -0.2) is 4.79 Å². The van der Waals surface area contributed by atoms with Crippen molar-refractivity contribution in [2.75, 3.05) is 13.6 Å². The maximum absolute atomic E-state index is 10.3. The van der Waals surface area contributed by atoms with Gasteiger partial charge in [0, 0.05) is 24.9 Å². The van der Waals surface area contributed by atoms with Gasteiger partial charge < -0.3 is 25.5 Å². The molecule has 1 aliphatic heterocycles. The summed E-state index contributed by atoms with van der Waals surface area (Å²) in [5.74, 6) is -5.85. The standard InChI is InChI=1S/C11H16N2.C6H8O7.C2H4O2/c1-9-10(5-3-7-12-9)11-6-4-8-13(11)2;7-3(8)1-6(13,5(11)12)2-4(9)10;1-2(3)4/h3,5,7,11H,4,6,8H2,1-2H3;13H,1-2H2,(H,7,8)(H,9,10)(H,11,12);1H3,(H,3,4)/t11-;;/m0../s1. The SMILES string of the molecule is CC(=O)O.Cc1ncccc1[C@@H]1CCCN1C.O=C(O)CC(O)(CC(=O)O)C(=O)O. The van der Waals surface area contributed by atoms with Crippen LogP contribution in [0, 0.1) is 6.92 Å². The Kier molecular flexibility index (Phi) is 11.2. The number of likely N-dealkylation sites (tertiary alicyclic amines) is 1. The topological polar surface area (TPSA) is 186 Å². The molecular formula is C19H28N2O9. The molecular weight excluding hydrogens is 400 g/mol. The van der Waals surface area contributed by atoms with Gasteiger partial charge in [0.1, 0.15) is 0 Å². The third kappa shape index (κ3) is 9.94. The summed E-state index contributed by atoms with van der Waals surface area (Å²) in [4.78, 5) is 46.2. The van der Waals surface area contributed by atoms with Gasteiger partial charge in [-0.3, -0.25) is 24.3 Å². The molecule has 0 radical (unpaired) electrons. The third-order valence-corrected chi connectivity index (χ3v) is 4.21. The minimum Gasteiger partial charge on any atom is -0.481 e. The quantitative estimate of drug-likeness (QED) is 0.435. The van der Waals surface area contributed by atoms with Crippen LogP contribution in [0.25, 0.3) is 0 Å². The average molecular weight is 428 g/mol. The van der Waals surface area contributed by atoms with E-state index >= 15 is 0 Å². The lowest BCUT2D eigenvalue weighted by atomic mass is 9.96. The van der Waals surface area contributed by atoms with E-state index in [1.807, 2.05) is 12.3 Å². The molecule has 0 bridgehead atoms. The number of aromatic nitrogens is 1. The van der Waals surface area contributed by atoms with Crippen LogP contribution in [-0.4, -0.2) is 78.5 Å². The number of hydrogen-bond acceptors (Lipinski definition) is 7. The second-order valence-electron chi connectivity index (χ2n) is 6.81. The van der Waals surface area contributed by atoms with Gasteiger partial charge in [-0.15, -0.1) is 0 Å². The molecule has 30 heavy (non-hydrogen) atoms. The molecule has 0 aromatic carbocycles. The summed E-state index contributed by atoms with van der Waals surface area (Å²) in [6.45, 7) is 4.40. The fourth-order valence-corrected chi connectivity index (χ4v) is 2.87. The fraction of sp³-hybridized carbons (Fsp3) is 0.526. The van der Waals surface area contributed by atoms with Gasteiger partial charge in [0.05, 0.1) is 12.8 Å². The lowest BCUT2D eigenvalue weighted by Crippen LogP contribution is -2.42. The second-order valence-corrected chi connectivity index (χ2v) is 6.81. The monoisotopic (exact) mass is 428 g/mol. The second kappa shape index (κ2) is 12.5. The Bertz CT molecular complexity index is 731. The van der Waals surface area contributed by atoms with Gasteiger partial charge in [-0.05, 0) is 45.0 Å². The first kappa shape index (κ1) is 27.0.